The van der Waals surface area contributed by atoms with Gasteiger partial charge in [0.15, 0.2) is 0 Å². The molecule has 6 rings (SSSR count). The van der Waals surface area contributed by atoms with Crippen molar-refractivity contribution >= 4 is 12.0 Å². The highest BCUT2D eigenvalue weighted by Crippen LogP contribution is 2.75. The van der Waals surface area contributed by atoms with Gasteiger partial charge in [-0.05, 0) is 115 Å². The van der Waals surface area contributed by atoms with Gasteiger partial charge in [-0.15, -0.1) is 0 Å². The van der Waals surface area contributed by atoms with Crippen LogP contribution in [-0.2, 0) is 9.53 Å². The molecule has 1 aromatic rings. The molecule has 4 fully saturated rings. The van der Waals surface area contributed by atoms with Crippen molar-refractivity contribution in [2.45, 2.75) is 126 Å². The molecule has 0 radical (unpaired) electrons. The minimum absolute atomic E-state index is 0.0321. The van der Waals surface area contributed by atoms with Gasteiger partial charge >= 0.3 is 5.97 Å². The molecular formula is C41H58O2. The third-order valence-corrected chi connectivity index (χ3v) is 14.7. The zero-order valence-corrected chi connectivity index (χ0v) is 28.5. The molecule has 234 valence electrons. The van der Waals surface area contributed by atoms with Gasteiger partial charge in [0.2, 0.25) is 0 Å². The Morgan fingerprint density at radius 1 is 0.814 bits per heavy atom. The highest BCUT2D eigenvalue weighted by molar-refractivity contribution is 5.82. The summed E-state index contributed by atoms with van der Waals surface area (Å²) in [5, 5.41) is 0. The number of rotatable bonds is 4. The van der Waals surface area contributed by atoms with Gasteiger partial charge in [-0.3, -0.25) is 0 Å². The Kier molecular flexibility index (Phi) is 7.54. The average Bonchev–Trinajstić information content (AvgIpc) is 2.94. The fourth-order valence-electron chi connectivity index (χ4n) is 11.7. The van der Waals surface area contributed by atoms with Crippen molar-refractivity contribution in [1.29, 1.82) is 0 Å². The second kappa shape index (κ2) is 10.5. The normalized spacial score (nSPS) is 43.2. The van der Waals surface area contributed by atoms with Gasteiger partial charge in [-0.25, -0.2) is 4.79 Å². The van der Waals surface area contributed by atoms with Crippen molar-refractivity contribution in [3.8, 4) is 0 Å². The van der Waals surface area contributed by atoms with E-state index in [4.69, 9.17) is 4.74 Å². The lowest BCUT2D eigenvalue weighted by Gasteiger charge is -2.71. The van der Waals surface area contributed by atoms with E-state index in [1.807, 2.05) is 42.0 Å². The van der Waals surface area contributed by atoms with Gasteiger partial charge in [-0.1, -0.05) is 116 Å². The molecule has 0 heterocycles. The van der Waals surface area contributed by atoms with Crippen molar-refractivity contribution in [1.82, 2.24) is 0 Å². The third kappa shape index (κ3) is 4.93. The monoisotopic (exact) mass is 582 g/mol. The lowest BCUT2D eigenvalue weighted by molar-refractivity contribution is -0.210. The lowest BCUT2D eigenvalue weighted by Crippen LogP contribution is -2.64. The molecule has 2 nitrogen and oxygen atoms in total. The second-order valence-electron chi connectivity index (χ2n) is 17.8. The maximum atomic E-state index is 13.0. The smallest absolute Gasteiger partial charge is 0.331 e. The lowest BCUT2D eigenvalue weighted by atomic mass is 9.33. The molecule has 0 spiro atoms. The molecule has 4 saturated carbocycles. The van der Waals surface area contributed by atoms with Crippen LogP contribution in [0.1, 0.15) is 125 Å². The molecule has 1 aromatic carbocycles. The predicted molar refractivity (Wildman–Crippen MR) is 179 cm³/mol. The van der Waals surface area contributed by atoms with Crippen LogP contribution in [0.4, 0.5) is 0 Å². The minimum Gasteiger partial charge on any atom is -0.459 e. The average molecular weight is 583 g/mol. The van der Waals surface area contributed by atoms with Crippen LogP contribution in [0.25, 0.3) is 6.08 Å². The maximum absolute atomic E-state index is 13.0. The first-order valence-corrected chi connectivity index (χ1v) is 17.5. The van der Waals surface area contributed by atoms with E-state index in [0.29, 0.717) is 33.5 Å². The molecule has 0 amide bonds. The highest BCUT2D eigenvalue weighted by atomic mass is 16.5. The Morgan fingerprint density at radius 3 is 2.28 bits per heavy atom. The summed E-state index contributed by atoms with van der Waals surface area (Å²) < 4.78 is 6.24. The summed E-state index contributed by atoms with van der Waals surface area (Å²) in [6.07, 6.45) is 22.9. The molecule has 43 heavy (non-hydrogen) atoms. The molecular weight excluding hydrogens is 524 g/mol. The van der Waals surface area contributed by atoms with Gasteiger partial charge in [0, 0.05) is 11.5 Å². The molecule has 5 aliphatic carbocycles. The quantitative estimate of drug-likeness (QED) is 0.153. The van der Waals surface area contributed by atoms with Crippen LogP contribution in [0, 0.1) is 50.2 Å². The number of carbonyl (C=O) groups is 1. The van der Waals surface area contributed by atoms with E-state index < -0.39 is 0 Å². The number of allylic oxidation sites excluding steroid dienone is 4. The third-order valence-electron chi connectivity index (χ3n) is 14.7. The largest absolute Gasteiger partial charge is 0.459 e. The SMILES string of the molecule is CC1(C)CC[C@]2(C)CC[C@]3(C)C(=CC[C@H]4[C@@]5(C)CC[C@H](OC(=O)C=CC=Cc6ccccc6)C(C)(C)[C@@H]5CC[C@]43C)C2C1. The van der Waals surface area contributed by atoms with Crippen molar-refractivity contribution < 1.29 is 9.53 Å². The van der Waals surface area contributed by atoms with E-state index in [2.05, 4.69) is 73.6 Å². The van der Waals surface area contributed by atoms with Gasteiger partial charge in [0.1, 0.15) is 6.10 Å². The van der Waals surface area contributed by atoms with Crippen molar-refractivity contribution in [3.05, 3.63) is 65.8 Å². The van der Waals surface area contributed by atoms with Crippen LogP contribution in [0.2, 0.25) is 0 Å². The Morgan fingerprint density at radius 2 is 1.53 bits per heavy atom. The van der Waals surface area contributed by atoms with Crippen LogP contribution >= 0.6 is 0 Å². The molecule has 8 atom stereocenters. The topological polar surface area (TPSA) is 26.3 Å². The van der Waals surface area contributed by atoms with E-state index in [0.717, 1.165) is 24.3 Å². The Balaban J connectivity index is 1.21. The summed E-state index contributed by atoms with van der Waals surface area (Å²) in [4.78, 5) is 13.0. The van der Waals surface area contributed by atoms with Crippen LogP contribution in [-0.4, -0.2) is 12.1 Å². The van der Waals surface area contributed by atoms with Crippen LogP contribution < -0.4 is 0 Å². The zero-order chi connectivity index (χ0) is 30.9. The Labute approximate surface area is 262 Å². The number of ether oxygens (including phenoxy) is 1. The summed E-state index contributed by atoms with van der Waals surface area (Å²) in [6.45, 7) is 20.5. The molecule has 0 aromatic heterocycles. The van der Waals surface area contributed by atoms with E-state index in [1.165, 1.54) is 51.4 Å². The Bertz CT molecular complexity index is 1310. The van der Waals surface area contributed by atoms with Crippen molar-refractivity contribution in [3.63, 3.8) is 0 Å². The summed E-state index contributed by atoms with van der Waals surface area (Å²) in [6, 6.07) is 10.2. The van der Waals surface area contributed by atoms with E-state index in [9.17, 15) is 4.79 Å². The molecule has 1 unspecified atom stereocenters. The standard InChI is InChI=1S/C41H58O2/c1-36(2)24-25-38(5)26-27-40(7)30(31(38)28-36)18-19-33-39(6)22-21-34(37(3,4)32(39)20-23-41(33,40)8)43-35(42)17-13-12-16-29-14-10-9-11-15-29/h9-18,31-34H,19-28H2,1-8H3/t31?,32-,33-,34-,38+,39-,40+,41+/m0/s1. The number of hydrogen-bond donors (Lipinski definition) is 0. The summed E-state index contributed by atoms with van der Waals surface area (Å²) in [7, 11) is 0. The first-order chi connectivity index (χ1) is 20.1. The molecule has 2 heteroatoms. The van der Waals surface area contributed by atoms with Crippen molar-refractivity contribution in [2.75, 3.05) is 0 Å². The number of hydrogen-bond acceptors (Lipinski definition) is 2. The van der Waals surface area contributed by atoms with Gasteiger partial charge < -0.3 is 4.74 Å². The number of fused-ring (bicyclic) bond motifs is 7. The number of esters is 1. The fraction of sp³-hybridized carbons (Fsp3) is 0.683. The summed E-state index contributed by atoms with van der Waals surface area (Å²) >= 11 is 0. The van der Waals surface area contributed by atoms with E-state index >= 15 is 0 Å². The van der Waals surface area contributed by atoms with Crippen LogP contribution in [0.3, 0.4) is 0 Å². The van der Waals surface area contributed by atoms with Crippen LogP contribution in [0.15, 0.2) is 60.2 Å². The zero-order valence-electron chi connectivity index (χ0n) is 28.5. The van der Waals surface area contributed by atoms with E-state index in [-0.39, 0.29) is 22.9 Å². The minimum atomic E-state index is -0.210. The fourth-order valence-corrected chi connectivity index (χ4v) is 11.7. The molecule has 0 aliphatic heterocycles. The summed E-state index contributed by atoms with van der Waals surface area (Å²) in [5.74, 6) is 1.79. The van der Waals surface area contributed by atoms with Crippen molar-refractivity contribution in [2.24, 2.45) is 50.2 Å². The number of benzene rings is 1. The van der Waals surface area contributed by atoms with Gasteiger partial charge in [0.25, 0.3) is 0 Å². The summed E-state index contributed by atoms with van der Waals surface area (Å²) in [5.41, 5.74) is 4.78. The molecule has 0 saturated heterocycles. The molecule has 0 bridgehead atoms. The second-order valence-corrected chi connectivity index (χ2v) is 17.8. The van der Waals surface area contributed by atoms with E-state index in [1.54, 1.807) is 6.08 Å². The first kappa shape index (κ1) is 30.9. The van der Waals surface area contributed by atoms with Crippen LogP contribution in [0.5, 0.6) is 0 Å². The molecule has 0 N–H and O–H groups in total. The van der Waals surface area contributed by atoms with Gasteiger partial charge in [0.05, 0.1) is 0 Å². The highest BCUT2D eigenvalue weighted by Gasteiger charge is 2.68. The van der Waals surface area contributed by atoms with Gasteiger partial charge in [-0.2, -0.15) is 0 Å². The maximum Gasteiger partial charge on any atom is 0.331 e. The Hall–Kier alpha value is -2.09. The first-order valence-electron chi connectivity index (χ1n) is 17.5. The molecule has 5 aliphatic rings. The number of carbonyl (C=O) groups excluding carboxylic acids is 1. The predicted octanol–water partition coefficient (Wildman–Crippen LogP) is 11.0.